The van der Waals surface area contributed by atoms with Crippen molar-refractivity contribution in [2.45, 2.75) is 12.5 Å². The Balaban J connectivity index is 1.46. The highest BCUT2D eigenvalue weighted by atomic mass is 79.9. The first-order valence-corrected chi connectivity index (χ1v) is 9.50. The number of pyridine rings is 2. The third-order valence-corrected chi connectivity index (χ3v) is 5.36. The van der Waals surface area contributed by atoms with E-state index < -0.39 is 0 Å². The van der Waals surface area contributed by atoms with Crippen molar-refractivity contribution in [3.05, 3.63) is 57.1 Å². The summed E-state index contributed by atoms with van der Waals surface area (Å²) in [6.45, 7) is 3.76. The number of hydrogen-bond acceptors (Lipinski definition) is 5. The molecular weight excluding hydrogens is 396 g/mol. The molecule has 1 N–H and O–H groups in total. The summed E-state index contributed by atoms with van der Waals surface area (Å²) in [5.74, 6) is 0.661. The van der Waals surface area contributed by atoms with Gasteiger partial charge in [0, 0.05) is 37.0 Å². The molecule has 2 aliphatic rings. The Kier molecular flexibility index (Phi) is 4.93. The number of ether oxygens (including phenoxy) is 1. The number of aromatic nitrogens is 2. The second-order valence-electron chi connectivity index (χ2n) is 6.71. The van der Waals surface area contributed by atoms with Crippen molar-refractivity contribution >= 4 is 33.0 Å². The van der Waals surface area contributed by atoms with Crippen molar-refractivity contribution in [3.8, 4) is 0 Å². The maximum absolute atomic E-state index is 12.2. The van der Waals surface area contributed by atoms with Crippen molar-refractivity contribution in [2.75, 3.05) is 31.6 Å². The first-order valence-electron chi connectivity index (χ1n) is 8.70. The smallest absolute Gasteiger partial charge is 0.274 e. The van der Waals surface area contributed by atoms with E-state index in [1.807, 2.05) is 12.3 Å². The Morgan fingerprint density at radius 3 is 2.81 bits per heavy atom. The van der Waals surface area contributed by atoms with Gasteiger partial charge in [-0.1, -0.05) is 6.08 Å². The first-order chi connectivity index (χ1) is 12.6. The molecule has 1 saturated heterocycles. The minimum Gasteiger partial charge on any atom is -0.378 e. The van der Waals surface area contributed by atoms with Gasteiger partial charge in [-0.25, -0.2) is 4.98 Å². The highest BCUT2D eigenvalue weighted by molar-refractivity contribution is 9.10. The van der Waals surface area contributed by atoms with Crippen LogP contribution in [-0.2, 0) is 11.8 Å². The molecule has 0 aromatic carbocycles. The molecule has 0 bridgehead atoms. The fourth-order valence-electron chi connectivity index (χ4n) is 3.27. The Morgan fingerprint density at radius 2 is 2.19 bits per heavy atom. The number of nitrogens with one attached hydrogen (secondary N) is 1. The lowest BCUT2D eigenvalue weighted by molar-refractivity contribution is -0.0612. The molecule has 0 radical (unpaired) electrons. The molecule has 0 atom stereocenters. The van der Waals surface area contributed by atoms with Crippen LogP contribution in [0.5, 0.6) is 0 Å². The van der Waals surface area contributed by atoms with Gasteiger partial charge >= 0.3 is 0 Å². The molecule has 0 saturated carbocycles. The number of halogens is 1. The van der Waals surface area contributed by atoms with E-state index in [0.29, 0.717) is 17.5 Å². The van der Waals surface area contributed by atoms with Crippen LogP contribution in [0.2, 0.25) is 0 Å². The summed E-state index contributed by atoms with van der Waals surface area (Å²) in [5, 5.41) is 3.11. The topological polar surface area (TPSA) is 59.4 Å². The lowest BCUT2D eigenvalue weighted by Gasteiger charge is -2.38. The van der Waals surface area contributed by atoms with Gasteiger partial charge < -0.3 is 14.6 Å². The number of rotatable bonds is 4. The molecule has 4 heterocycles. The highest BCUT2D eigenvalue weighted by Gasteiger charge is 2.27. The summed E-state index contributed by atoms with van der Waals surface area (Å²) in [7, 11) is 1.73. The molecule has 0 aliphatic carbocycles. The molecule has 2 aromatic rings. The number of aryl methyl sites for hydroxylation is 1. The molecule has 6 nitrogen and oxygen atoms in total. The normalized spacial score (nSPS) is 18.3. The van der Waals surface area contributed by atoms with Crippen LogP contribution in [0.3, 0.4) is 0 Å². The van der Waals surface area contributed by atoms with Crippen molar-refractivity contribution in [2.24, 2.45) is 7.05 Å². The second kappa shape index (κ2) is 7.34. The van der Waals surface area contributed by atoms with Crippen molar-refractivity contribution < 1.29 is 4.74 Å². The van der Waals surface area contributed by atoms with Crippen LogP contribution in [0.4, 0.5) is 11.5 Å². The van der Waals surface area contributed by atoms with E-state index in [0.717, 1.165) is 42.8 Å². The van der Waals surface area contributed by atoms with Gasteiger partial charge in [0.25, 0.3) is 5.56 Å². The average molecular weight is 417 g/mol. The fourth-order valence-corrected chi connectivity index (χ4v) is 3.80. The van der Waals surface area contributed by atoms with E-state index in [1.165, 1.54) is 10.1 Å². The van der Waals surface area contributed by atoms with Crippen LogP contribution >= 0.6 is 15.9 Å². The van der Waals surface area contributed by atoms with Crippen LogP contribution in [-0.4, -0.2) is 46.8 Å². The number of nitrogens with zero attached hydrogens (tertiary/aromatic N) is 3. The van der Waals surface area contributed by atoms with Crippen LogP contribution in [0.15, 0.2) is 45.9 Å². The average Bonchev–Trinajstić information content (AvgIpc) is 2.59. The van der Waals surface area contributed by atoms with Gasteiger partial charge in [-0.05, 0) is 51.7 Å². The SMILES string of the molecule is Cn1cc(Br)cc(Nc2ccc(C3=CCN(C4COC4)CC3)cn2)c1=O. The van der Waals surface area contributed by atoms with Gasteiger partial charge in [0.05, 0.1) is 19.3 Å². The summed E-state index contributed by atoms with van der Waals surface area (Å²) in [6, 6.07) is 6.33. The zero-order valence-electron chi connectivity index (χ0n) is 14.6. The van der Waals surface area contributed by atoms with Gasteiger partial charge in [0.1, 0.15) is 11.5 Å². The van der Waals surface area contributed by atoms with Crippen LogP contribution in [0, 0.1) is 0 Å². The molecular formula is C19H21BrN4O2. The zero-order chi connectivity index (χ0) is 18.1. The van der Waals surface area contributed by atoms with E-state index in [-0.39, 0.29) is 5.56 Å². The second-order valence-corrected chi connectivity index (χ2v) is 7.63. The monoisotopic (exact) mass is 416 g/mol. The predicted molar refractivity (Wildman–Crippen MR) is 106 cm³/mol. The molecule has 0 spiro atoms. The molecule has 2 aliphatic heterocycles. The molecule has 136 valence electrons. The Morgan fingerprint density at radius 1 is 1.35 bits per heavy atom. The maximum Gasteiger partial charge on any atom is 0.274 e. The van der Waals surface area contributed by atoms with Crippen molar-refractivity contribution in [1.82, 2.24) is 14.5 Å². The molecule has 2 aromatic heterocycles. The molecule has 26 heavy (non-hydrogen) atoms. The van der Waals surface area contributed by atoms with Crippen LogP contribution in [0.25, 0.3) is 5.57 Å². The lowest BCUT2D eigenvalue weighted by Crippen LogP contribution is -2.50. The van der Waals surface area contributed by atoms with Crippen LogP contribution in [0.1, 0.15) is 12.0 Å². The molecule has 4 rings (SSSR count). The molecule has 0 unspecified atom stereocenters. The number of hydrogen-bond donors (Lipinski definition) is 1. The Hall–Kier alpha value is -1.96. The Bertz CT molecular complexity index is 887. The summed E-state index contributed by atoms with van der Waals surface area (Å²) < 4.78 is 7.65. The van der Waals surface area contributed by atoms with Crippen LogP contribution < -0.4 is 10.9 Å². The van der Waals surface area contributed by atoms with Gasteiger partial charge in [0.2, 0.25) is 0 Å². The zero-order valence-corrected chi connectivity index (χ0v) is 16.2. The molecule has 0 amide bonds. The summed E-state index contributed by atoms with van der Waals surface area (Å²) >= 11 is 3.41. The lowest BCUT2D eigenvalue weighted by atomic mass is 10.00. The minimum atomic E-state index is -0.0888. The number of anilines is 2. The van der Waals surface area contributed by atoms with E-state index >= 15 is 0 Å². The quantitative estimate of drug-likeness (QED) is 0.829. The van der Waals surface area contributed by atoms with Gasteiger partial charge in [0.15, 0.2) is 0 Å². The summed E-state index contributed by atoms with van der Waals surface area (Å²) in [5.41, 5.74) is 2.88. The minimum absolute atomic E-state index is 0.0888. The first kappa shape index (κ1) is 17.5. The third-order valence-electron chi connectivity index (χ3n) is 4.92. The fraction of sp³-hybridized carbons (Fsp3) is 0.368. The van der Waals surface area contributed by atoms with E-state index in [2.05, 4.69) is 43.3 Å². The van der Waals surface area contributed by atoms with Gasteiger partial charge in [-0.3, -0.25) is 9.69 Å². The van der Waals surface area contributed by atoms with Crippen molar-refractivity contribution in [3.63, 3.8) is 0 Å². The maximum atomic E-state index is 12.2. The third kappa shape index (κ3) is 3.60. The van der Waals surface area contributed by atoms with Gasteiger partial charge in [-0.15, -0.1) is 0 Å². The van der Waals surface area contributed by atoms with Gasteiger partial charge in [-0.2, -0.15) is 0 Å². The van der Waals surface area contributed by atoms with Crippen molar-refractivity contribution in [1.29, 1.82) is 0 Å². The molecule has 7 heteroatoms. The standard InChI is InChI=1S/C19H21BrN4O2/c1-23-10-15(20)8-17(19(23)25)22-18-3-2-14(9-21-18)13-4-6-24(7-5-13)16-11-26-12-16/h2-4,8-10,16H,5-7,11-12H2,1H3,(H,21,22). The van der Waals surface area contributed by atoms with E-state index in [9.17, 15) is 4.79 Å². The highest BCUT2D eigenvalue weighted by Crippen LogP contribution is 2.25. The summed E-state index contributed by atoms with van der Waals surface area (Å²) in [4.78, 5) is 19.1. The molecule has 1 fully saturated rings. The Labute approximate surface area is 160 Å². The summed E-state index contributed by atoms with van der Waals surface area (Å²) in [6.07, 6.45) is 6.92. The van der Waals surface area contributed by atoms with E-state index in [1.54, 1.807) is 19.3 Å². The predicted octanol–water partition coefficient (Wildman–Crippen LogP) is 2.77. The van der Waals surface area contributed by atoms with E-state index in [4.69, 9.17) is 4.74 Å². The largest absolute Gasteiger partial charge is 0.378 e.